The summed E-state index contributed by atoms with van der Waals surface area (Å²) >= 11 is 0. The van der Waals surface area contributed by atoms with Gasteiger partial charge in [-0.05, 0) is 25.7 Å². The van der Waals surface area contributed by atoms with Gasteiger partial charge in [-0.25, -0.2) is 0 Å². The van der Waals surface area contributed by atoms with E-state index in [1.165, 1.54) is 110 Å². The molecule has 7 heteroatoms. The second kappa shape index (κ2) is 27.1. The highest BCUT2D eigenvalue weighted by Gasteiger charge is 2.18. The van der Waals surface area contributed by atoms with Crippen LogP contribution < -0.4 is 4.90 Å². The third kappa shape index (κ3) is 22.7. The third-order valence-electron chi connectivity index (χ3n) is 7.65. The predicted molar refractivity (Wildman–Crippen MR) is 160 cm³/mol. The Labute approximate surface area is 236 Å². The zero-order valence-electron chi connectivity index (χ0n) is 25.2. The number of carbonyl (C=O) groups is 1. The average molecular weight is 561 g/mol. The van der Waals surface area contributed by atoms with Crippen molar-refractivity contribution in [3.63, 3.8) is 0 Å². The summed E-state index contributed by atoms with van der Waals surface area (Å²) in [5.41, 5.74) is 0. The quantitative estimate of drug-likeness (QED) is 0.0749. The standard InChI is InChI=1S/C31H62NO5P/c1-3-5-6-7-8-9-10-11-12-13-14-15-19-25-35-28-30(27-31(33)21-4-2)29-37-38(34)36-26-20-18-24-32-22-16-17-23-32/h30,34H,3-29H2,1-2H3/p+1. The minimum atomic E-state index is -1.88. The number of unbranched alkanes of at least 4 members (excludes halogenated alkanes) is 13. The van der Waals surface area contributed by atoms with Crippen LogP contribution in [0.2, 0.25) is 0 Å². The molecule has 0 aromatic rings. The molecule has 0 radical (unpaired) electrons. The van der Waals surface area contributed by atoms with Gasteiger partial charge in [-0.15, -0.1) is 0 Å². The van der Waals surface area contributed by atoms with Crippen molar-refractivity contribution in [2.45, 2.75) is 142 Å². The fourth-order valence-corrected chi connectivity index (χ4v) is 5.99. The van der Waals surface area contributed by atoms with E-state index in [0.717, 1.165) is 32.3 Å². The zero-order chi connectivity index (χ0) is 27.5. The molecule has 2 N–H and O–H groups in total. The Balaban J connectivity index is 2.03. The Morgan fingerprint density at radius 1 is 0.737 bits per heavy atom. The van der Waals surface area contributed by atoms with Crippen LogP contribution >= 0.6 is 8.60 Å². The van der Waals surface area contributed by atoms with Crippen LogP contribution in [-0.2, 0) is 18.6 Å². The van der Waals surface area contributed by atoms with E-state index in [-0.39, 0.29) is 11.7 Å². The summed E-state index contributed by atoms with van der Waals surface area (Å²) in [4.78, 5) is 24.0. The van der Waals surface area contributed by atoms with E-state index in [4.69, 9.17) is 13.8 Å². The molecule has 0 aromatic carbocycles. The lowest BCUT2D eigenvalue weighted by Gasteiger charge is -2.18. The summed E-state index contributed by atoms with van der Waals surface area (Å²) in [5.74, 6) is 0.230. The van der Waals surface area contributed by atoms with Gasteiger partial charge in [0.25, 0.3) is 0 Å². The molecule has 2 atom stereocenters. The Hall–Kier alpha value is -0.100. The van der Waals surface area contributed by atoms with Gasteiger partial charge in [-0.1, -0.05) is 90.9 Å². The summed E-state index contributed by atoms with van der Waals surface area (Å²) in [5, 5.41) is 0. The molecule has 226 valence electrons. The number of hydrogen-bond acceptors (Lipinski definition) is 5. The van der Waals surface area contributed by atoms with Crippen molar-refractivity contribution in [2.24, 2.45) is 5.92 Å². The van der Waals surface area contributed by atoms with Crippen molar-refractivity contribution in [2.75, 3.05) is 46.1 Å². The number of quaternary nitrogens is 1. The Morgan fingerprint density at radius 3 is 1.92 bits per heavy atom. The molecule has 0 aliphatic carbocycles. The molecular weight excluding hydrogens is 497 g/mol. The highest BCUT2D eigenvalue weighted by atomic mass is 31.2. The maximum Gasteiger partial charge on any atom is 0.329 e. The van der Waals surface area contributed by atoms with Crippen molar-refractivity contribution in [1.29, 1.82) is 0 Å². The molecule has 1 heterocycles. The van der Waals surface area contributed by atoms with E-state index in [1.54, 1.807) is 4.90 Å². The van der Waals surface area contributed by atoms with Gasteiger partial charge >= 0.3 is 8.60 Å². The molecule has 6 nitrogen and oxygen atoms in total. The van der Waals surface area contributed by atoms with Gasteiger partial charge in [0.15, 0.2) is 0 Å². The minimum Gasteiger partial charge on any atom is -0.381 e. The number of ketones is 1. The van der Waals surface area contributed by atoms with E-state index >= 15 is 0 Å². The smallest absolute Gasteiger partial charge is 0.329 e. The van der Waals surface area contributed by atoms with E-state index in [1.807, 2.05) is 6.92 Å². The molecular formula is C31H63NO5P+. The van der Waals surface area contributed by atoms with Crippen molar-refractivity contribution < 1.29 is 28.4 Å². The lowest BCUT2D eigenvalue weighted by atomic mass is 10.0. The van der Waals surface area contributed by atoms with E-state index in [2.05, 4.69) is 6.92 Å². The first kappa shape index (κ1) is 35.9. The van der Waals surface area contributed by atoms with Crippen LogP contribution in [0.15, 0.2) is 0 Å². The summed E-state index contributed by atoms with van der Waals surface area (Å²) in [6.07, 6.45) is 24.1. The molecule has 38 heavy (non-hydrogen) atoms. The summed E-state index contributed by atoms with van der Waals surface area (Å²) < 4.78 is 17.0. The van der Waals surface area contributed by atoms with Gasteiger partial charge in [-0.3, -0.25) is 4.79 Å². The normalized spacial score (nSPS) is 15.8. The van der Waals surface area contributed by atoms with Crippen LogP contribution in [0.1, 0.15) is 142 Å². The van der Waals surface area contributed by atoms with Gasteiger partial charge in [0.1, 0.15) is 5.78 Å². The molecule has 1 rings (SSSR count). The molecule has 0 saturated carbocycles. The Kier molecular flexibility index (Phi) is 25.6. The average Bonchev–Trinajstić information content (AvgIpc) is 3.43. The number of Topliss-reactive ketones (excluding diaryl/α,β-unsaturated/α-hetero) is 1. The van der Waals surface area contributed by atoms with Gasteiger partial charge in [0.05, 0.1) is 39.5 Å². The van der Waals surface area contributed by atoms with Crippen molar-refractivity contribution in [3.05, 3.63) is 0 Å². The zero-order valence-corrected chi connectivity index (χ0v) is 26.1. The predicted octanol–water partition coefficient (Wildman–Crippen LogP) is 7.18. The Bertz CT molecular complexity index is 518. The molecule has 0 amide bonds. The van der Waals surface area contributed by atoms with Gasteiger partial charge in [0.2, 0.25) is 0 Å². The van der Waals surface area contributed by atoms with Crippen LogP contribution in [0.5, 0.6) is 0 Å². The monoisotopic (exact) mass is 560 g/mol. The second-order valence-electron chi connectivity index (χ2n) is 11.5. The molecule has 1 saturated heterocycles. The summed E-state index contributed by atoms with van der Waals surface area (Å²) in [6.45, 7) is 10.2. The minimum absolute atomic E-state index is 0.0180. The molecule has 0 aromatic heterocycles. The van der Waals surface area contributed by atoms with Gasteiger partial charge in [-0.2, -0.15) is 0 Å². The number of likely N-dealkylation sites (tertiary alicyclic amines) is 1. The molecule has 1 aliphatic heterocycles. The first-order valence-corrected chi connectivity index (χ1v) is 17.5. The molecule has 0 spiro atoms. The van der Waals surface area contributed by atoms with Crippen molar-refractivity contribution in [3.8, 4) is 0 Å². The van der Waals surface area contributed by atoms with Crippen molar-refractivity contribution in [1.82, 2.24) is 0 Å². The first-order valence-electron chi connectivity index (χ1n) is 16.3. The molecule has 1 aliphatic rings. The fourth-order valence-electron chi connectivity index (χ4n) is 5.29. The summed E-state index contributed by atoms with van der Waals surface area (Å²) in [7, 11) is -1.88. The number of carbonyl (C=O) groups excluding carboxylic acids is 1. The van der Waals surface area contributed by atoms with E-state index in [9.17, 15) is 9.69 Å². The highest BCUT2D eigenvalue weighted by Crippen LogP contribution is 2.34. The van der Waals surface area contributed by atoms with Gasteiger partial charge in [0, 0.05) is 38.2 Å². The second-order valence-corrected chi connectivity index (χ2v) is 12.4. The van der Waals surface area contributed by atoms with E-state index in [0.29, 0.717) is 32.7 Å². The van der Waals surface area contributed by atoms with E-state index < -0.39 is 8.60 Å². The maximum atomic E-state index is 12.2. The van der Waals surface area contributed by atoms with Crippen LogP contribution in [0.4, 0.5) is 0 Å². The largest absolute Gasteiger partial charge is 0.381 e. The Morgan fingerprint density at radius 2 is 1.32 bits per heavy atom. The highest BCUT2D eigenvalue weighted by molar-refractivity contribution is 7.40. The lowest BCUT2D eigenvalue weighted by molar-refractivity contribution is -0.887. The number of ether oxygens (including phenoxy) is 1. The van der Waals surface area contributed by atoms with Crippen LogP contribution in [-0.4, -0.2) is 56.7 Å². The number of nitrogens with one attached hydrogen (secondary N) is 1. The van der Waals surface area contributed by atoms with Crippen molar-refractivity contribution >= 4 is 14.4 Å². The third-order valence-corrected chi connectivity index (χ3v) is 8.42. The lowest BCUT2D eigenvalue weighted by Crippen LogP contribution is -3.09. The first-order chi connectivity index (χ1) is 18.7. The SMILES string of the molecule is CCCCCCCCCCCCCCCOCC(COP(O)OCCCC[NH+]1CCCC1)CC(=O)CCC. The number of hydrogen-bond donors (Lipinski definition) is 2. The number of rotatable bonds is 29. The maximum absolute atomic E-state index is 12.2. The topological polar surface area (TPSA) is 69.4 Å². The van der Waals surface area contributed by atoms with Gasteiger partial charge < -0.3 is 23.6 Å². The van der Waals surface area contributed by atoms with Crippen LogP contribution in [0, 0.1) is 5.92 Å². The fraction of sp³-hybridized carbons (Fsp3) is 0.968. The van der Waals surface area contributed by atoms with Crippen LogP contribution in [0.25, 0.3) is 0 Å². The van der Waals surface area contributed by atoms with Crippen LogP contribution in [0.3, 0.4) is 0 Å². The molecule has 2 unspecified atom stereocenters. The summed E-state index contributed by atoms with van der Waals surface area (Å²) in [6, 6.07) is 0. The molecule has 1 fully saturated rings. The molecule has 0 bridgehead atoms.